The summed E-state index contributed by atoms with van der Waals surface area (Å²) in [6.07, 6.45) is 1.16. The van der Waals surface area contributed by atoms with Crippen LogP contribution in [-0.2, 0) is 9.53 Å². The summed E-state index contributed by atoms with van der Waals surface area (Å²) in [5.74, 6) is 4.99. The van der Waals surface area contributed by atoms with Crippen molar-refractivity contribution in [1.82, 2.24) is 5.43 Å². The van der Waals surface area contributed by atoms with Gasteiger partial charge in [-0.3, -0.25) is 10.6 Å². The molecule has 0 bridgehead atoms. The van der Waals surface area contributed by atoms with Gasteiger partial charge in [0.1, 0.15) is 6.10 Å². The average Bonchev–Trinajstić information content (AvgIpc) is 2.20. The first-order chi connectivity index (χ1) is 4.75. The molecule has 1 rings (SSSR count). The minimum atomic E-state index is -0.306. The third-order valence-electron chi connectivity index (χ3n) is 1.43. The zero-order valence-electron chi connectivity index (χ0n) is 5.76. The Morgan fingerprint density at radius 1 is 1.90 bits per heavy atom. The number of nitrogens with two attached hydrogens (primary N) is 1. The Morgan fingerprint density at radius 3 is 3.00 bits per heavy atom. The average molecular weight is 142 g/mol. The number of carbonyl (C=O) groups is 1. The van der Waals surface area contributed by atoms with Gasteiger partial charge in [0.2, 0.25) is 0 Å². The molecule has 1 heterocycles. The van der Waals surface area contributed by atoms with Gasteiger partial charge in [-0.25, -0.2) is 0 Å². The second-order valence-electron chi connectivity index (χ2n) is 2.15. The largest absolute Gasteiger partial charge is 0.365 e. The Bertz CT molecular complexity index is 177. The molecule has 0 amide bonds. The second-order valence-corrected chi connectivity index (χ2v) is 2.15. The van der Waals surface area contributed by atoms with Crippen LogP contribution in [0.4, 0.5) is 0 Å². The van der Waals surface area contributed by atoms with Crippen LogP contribution in [-0.4, -0.2) is 18.5 Å². The molecule has 1 atom stereocenters. The molecule has 1 aliphatic heterocycles. The molecule has 0 unspecified atom stereocenters. The number of hydrogen-bond donors (Lipinski definition) is 2. The summed E-state index contributed by atoms with van der Waals surface area (Å²) >= 11 is 0. The number of carbonyl (C=O) groups excluding carboxylic acids is 1. The van der Waals surface area contributed by atoms with Gasteiger partial charge in [-0.05, 0) is 6.92 Å². The van der Waals surface area contributed by atoms with Crippen molar-refractivity contribution in [3.8, 4) is 0 Å². The molecule has 10 heavy (non-hydrogen) atoms. The van der Waals surface area contributed by atoms with E-state index in [0.29, 0.717) is 12.2 Å². The van der Waals surface area contributed by atoms with Crippen LogP contribution in [0.2, 0.25) is 0 Å². The Labute approximate surface area is 59.0 Å². The van der Waals surface area contributed by atoms with E-state index in [9.17, 15) is 4.79 Å². The molecule has 4 heteroatoms. The molecule has 0 spiro atoms. The minimum Gasteiger partial charge on any atom is -0.365 e. The zero-order valence-corrected chi connectivity index (χ0v) is 5.76. The minimum absolute atomic E-state index is 0.0120. The van der Waals surface area contributed by atoms with Gasteiger partial charge in [0, 0.05) is 11.8 Å². The van der Waals surface area contributed by atoms with Gasteiger partial charge in [0.15, 0.2) is 5.78 Å². The van der Waals surface area contributed by atoms with Crippen molar-refractivity contribution in [3.05, 3.63) is 11.8 Å². The summed E-state index contributed by atoms with van der Waals surface area (Å²) in [4.78, 5) is 11.0. The van der Waals surface area contributed by atoms with Crippen molar-refractivity contribution >= 4 is 5.78 Å². The van der Waals surface area contributed by atoms with Gasteiger partial charge >= 0.3 is 0 Å². The van der Waals surface area contributed by atoms with E-state index in [2.05, 4.69) is 5.43 Å². The lowest BCUT2D eigenvalue weighted by atomic mass is 10.2. The summed E-state index contributed by atoms with van der Waals surface area (Å²) in [7, 11) is 0. The highest BCUT2D eigenvalue weighted by Crippen LogP contribution is 2.12. The standard InChI is InChI=1S/C6H10N2O2/c1-4-6(9)5(2-8-7)3-10-4/h2,4,8H,3,7H2,1H3/b5-2+/t4-/m1/s1. The van der Waals surface area contributed by atoms with Crippen molar-refractivity contribution in [2.45, 2.75) is 13.0 Å². The number of hydrazine groups is 1. The molecular weight excluding hydrogens is 132 g/mol. The van der Waals surface area contributed by atoms with Gasteiger partial charge in [0.25, 0.3) is 0 Å². The third kappa shape index (κ3) is 1.17. The fraction of sp³-hybridized carbons (Fsp3) is 0.500. The molecule has 0 aromatic carbocycles. The highest BCUT2D eigenvalue weighted by Gasteiger charge is 2.25. The Morgan fingerprint density at radius 2 is 2.60 bits per heavy atom. The van der Waals surface area contributed by atoms with Crippen LogP contribution in [0, 0.1) is 0 Å². The molecule has 4 nitrogen and oxygen atoms in total. The molecule has 3 N–H and O–H groups in total. The predicted molar refractivity (Wildman–Crippen MR) is 35.8 cm³/mol. The molecule has 0 saturated carbocycles. The third-order valence-corrected chi connectivity index (χ3v) is 1.43. The van der Waals surface area contributed by atoms with Gasteiger partial charge in [-0.1, -0.05) is 0 Å². The van der Waals surface area contributed by atoms with Crippen molar-refractivity contribution < 1.29 is 9.53 Å². The highest BCUT2D eigenvalue weighted by molar-refractivity contribution is 6.00. The fourth-order valence-electron chi connectivity index (χ4n) is 0.836. The summed E-state index contributed by atoms with van der Waals surface area (Å²) in [6, 6.07) is 0. The summed E-state index contributed by atoms with van der Waals surface area (Å²) in [5.41, 5.74) is 2.90. The first kappa shape index (κ1) is 7.24. The topological polar surface area (TPSA) is 64.3 Å². The zero-order chi connectivity index (χ0) is 7.56. The SMILES string of the molecule is C[C@H]1OC/C(=C\NN)C1=O. The van der Waals surface area contributed by atoms with Crippen LogP contribution in [0.15, 0.2) is 11.8 Å². The van der Waals surface area contributed by atoms with E-state index < -0.39 is 0 Å². The van der Waals surface area contributed by atoms with E-state index in [4.69, 9.17) is 10.6 Å². The van der Waals surface area contributed by atoms with Gasteiger partial charge < -0.3 is 10.2 Å². The predicted octanol–water partition coefficient (Wildman–Crippen LogP) is -0.679. The fourth-order valence-corrected chi connectivity index (χ4v) is 0.836. The highest BCUT2D eigenvalue weighted by atomic mass is 16.5. The van der Waals surface area contributed by atoms with Crippen LogP contribution in [0.1, 0.15) is 6.92 Å². The maximum absolute atomic E-state index is 11.0. The Hall–Kier alpha value is -0.870. The lowest BCUT2D eigenvalue weighted by molar-refractivity contribution is -0.119. The number of hydrogen-bond acceptors (Lipinski definition) is 4. The number of rotatable bonds is 1. The van der Waals surface area contributed by atoms with Crippen molar-refractivity contribution in [2.24, 2.45) is 5.84 Å². The Balaban J connectivity index is 2.66. The van der Waals surface area contributed by atoms with Crippen molar-refractivity contribution in [2.75, 3.05) is 6.61 Å². The maximum Gasteiger partial charge on any atom is 0.191 e. The number of ketones is 1. The number of ether oxygens (including phenoxy) is 1. The van der Waals surface area contributed by atoms with E-state index in [1.165, 1.54) is 6.20 Å². The van der Waals surface area contributed by atoms with Crippen molar-refractivity contribution in [1.29, 1.82) is 0 Å². The van der Waals surface area contributed by atoms with E-state index in [1.54, 1.807) is 6.92 Å². The van der Waals surface area contributed by atoms with Crippen molar-refractivity contribution in [3.63, 3.8) is 0 Å². The first-order valence-electron chi connectivity index (χ1n) is 3.06. The molecule has 0 radical (unpaired) electrons. The van der Waals surface area contributed by atoms with Gasteiger partial charge in [-0.2, -0.15) is 0 Å². The molecule has 1 fully saturated rings. The van der Waals surface area contributed by atoms with Crippen LogP contribution >= 0.6 is 0 Å². The molecule has 1 saturated heterocycles. The number of Topliss-reactive ketones (excluding diaryl/α,β-unsaturated/α-hetero) is 1. The van der Waals surface area contributed by atoms with E-state index >= 15 is 0 Å². The molecule has 0 aliphatic carbocycles. The molecular formula is C6H10N2O2. The van der Waals surface area contributed by atoms with Crippen LogP contribution < -0.4 is 11.3 Å². The molecule has 0 aromatic heterocycles. The van der Waals surface area contributed by atoms with E-state index in [0.717, 1.165) is 0 Å². The maximum atomic E-state index is 11.0. The quantitative estimate of drug-likeness (QED) is 0.289. The van der Waals surface area contributed by atoms with Gasteiger partial charge in [-0.15, -0.1) is 0 Å². The summed E-state index contributed by atoms with van der Waals surface area (Å²) in [6.45, 7) is 2.09. The smallest absolute Gasteiger partial charge is 0.191 e. The summed E-state index contributed by atoms with van der Waals surface area (Å²) in [5, 5.41) is 0. The van der Waals surface area contributed by atoms with Crippen LogP contribution in [0.5, 0.6) is 0 Å². The lowest BCUT2D eigenvalue weighted by Gasteiger charge is -1.93. The molecule has 0 aromatic rings. The van der Waals surface area contributed by atoms with Crippen LogP contribution in [0.3, 0.4) is 0 Å². The van der Waals surface area contributed by atoms with Gasteiger partial charge in [0.05, 0.1) is 6.61 Å². The first-order valence-corrected chi connectivity index (χ1v) is 3.06. The monoisotopic (exact) mass is 142 g/mol. The van der Waals surface area contributed by atoms with Crippen LogP contribution in [0.25, 0.3) is 0 Å². The Kier molecular flexibility index (Phi) is 2.03. The van der Waals surface area contributed by atoms with E-state index in [1.807, 2.05) is 0 Å². The second kappa shape index (κ2) is 2.81. The van der Waals surface area contributed by atoms with E-state index in [-0.39, 0.29) is 11.9 Å². The normalized spacial score (nSPS) is 29.6. The summed E-state index contributed by atoms with van der Waals surface area (Å²) < 4.78 is 5.02. The lowest BCUT2D eigenvalue weighted by Crippen LogP contribution is -2.17. The molecule has 56 valence electrons. The number of nitrogens with one attached hydrogen (secondary N) is 1. The molecule has 1 aliphatic rings.